The van der Waals surface area contributed by atoms with Crippen molar-refractivity contribution in [3.63, 3.8) is 0 Å². The fraction of sp³-hybridized carbons (Fsp3) is 0.429. The molecule has 0 amide bonds. The number of hydrogen-bond acceptors (Lipinski definition) is 3. The van der Waals surface area contributed by atoms with E-state index in [1.807, 2.05) is 12.1 Å². The maximum atomic E-state index is 6.23. The predicted molar refractivity (Wildman–Crippen MR) is 115 cm³/mol. The van der Waals surface area contributed by atoms with Crippen molar-refractivity contribution in [2.45, 2.75) is 51.3 Å². The largest absolute Gasteiger partial charge is 0.493 e. The molecule has 0 aliphatic heterocycles. The number of rotatable bonds is 7. The molecule has 1 N–H and O–H groups in total. The first kappa shape index (κ1) is 20.8. The normalized spacial score (nSPS) is 15.0. The molecule has 2 aromatic rings. The summed E-state index contributed by atoms with van der Waals surface area (Å²) in [5.41, 5.74) is 2.04. The molecule has 1 aliphatic rings. The highest BCUT2D eigenvalue weighted by Crippen LogP contribution is 2.37. The van der Waals surface area contributed by atoms with Crippen LogP contribution < -0.4 is 14.8 Å². The summed E-state index contributed by atoms with van der Waals surface area (Å²) >= 11 is 15.8. The number of nitrogens with one attached hydrogen (secondary N) is 1. The second-order valence-electron chi connectivity index (χ2n) is 6.85. The van der Waals surface area contributed by atoms with Crippen LogP contribution in [0.3, 0.4) is 0 Å². The maximum absolute atomic E-state index is 6.23. The van der Waals surface area contributed by atoms with Gasteiger partial charge in [0.05, 0.1) is 11.6 Å². The lowest BCUT2D eigenvalue weighted by molar-refractivity contribution is 0.282. The summed E-state index contributed by atoms with van der Waals surface area (Å²) in [5, 5.41) is 4.86. The third-order valence-electron chi connectivity index (χ3n) is 4.88. The Kier molecular flexibility index (Phi) is 7.71. The highest BCUT2D eigenvalue weighted by molar-refractivity contribution is 9.10. The van der Waals surface area contributed by atoms with E-state index < -0.39 is 0 Å². The molecule has 0 heterocycles. The summed E-state index contributed by atoms with van der Waals surface area (Å²) < 4.78 is 12.4. The van der Waals surface area contributed by atoms with Crippen LogP contribution in [-0.4, -0.2) is 13.2 Å². The van der Waals surface area contributed by atoms with Crippen LogP contribution in [-0.2, 0) is 13.2 Å². The lowest BCUT2D eigenvalue weighted by Gasteiger charge is -2.23. The minimum Gasteiger partial charge on any atom is -0.493 e. The summed E-state index contributed by atoms with van der Waals surface area (Å²) in [5.74, 6) is 1.37. The minimum atomic E-state index is 0.338. The SMILES string of the molecule is COc1cc(CNC2CCCCC2)cc(Br)c1OCc1ccc(Cl)cc1Cl. The van der Waals surface area contributed by atoms with Gasteiger partial charge in [0.2, 0.25) is 0 Å². The van der Waals surface area contributed by atoms with E-state index in [9.17, 15) is 0 Å². The third-order valence-corrected chi connectivity index (χ3v) is 6.05. The van der Waals surface area contributed by atoms with Gasteiger partial charge in [0.25, 0.3) is 0 Å². The fourth-order valence-electron chi connectivity index (χ4n) is 3.37. The lowest BCUT2D eigenvalue weighted by atomic mass is 9.95. The average Bonchev–Trinajstić information content (AvgIpc) is 2.67. The average molecular weight is 473 g/mol. The van der Waals surface area contributed by atoms with E-state index in [2.05, 4.69) is 27.3 Å². The van der Waals surface area contributed by atoms with E-state index in [0.29, 0.717) is 34.2 Å². The van der Waals surface area contributed by atoms with Crippen LogP contribution in [0, 0.1) is 0 Å². The third kappa shape index (κ3) is 5.77. The van der Waals surface area contributed by atoms with E-state index in [-0.39, 0.29) is 0 Å². The summed E-state index contributed by atoms with van der Waals surface area (Å²) in [7, 11) is 1.66. The van der Waals surface area contributed by atoms with Crippen molar-refractivity contribution in [1.29, 1.82) is 0 Å². The first-order valence-electron chi connectivity index (χ1n) is 9.23. The zero-order chi connectivity index (χ0) is 19.2. The van der Waals surface area contributed by atoms with Gasteiger partial charge in [-0.25, -0.2) is 0 Å². The first-order chi connectivity index (χ1) is 13.1. The van der Waals surface area contributed by atoms with Gasteiger partial charge in [0.15, 0.2) is 11.5 Å². The molecule has 0 atom stereocenters. The molecule has 146 valence electrons. The summed E-state index contributed by atoms with van der Waals surface area (Å²) in [6, 6.07) is 10.1. The van der Waals surface area contributed by atoms with Gasteiger partial charge in [-0.2, -0.15) is 0 Å². The Morgan fingerprint density at radius 2 is 1.89 bits per heavy atom. The molecule has 2 aromatic carbocycles. The van der Waals surface area contributed by atoms with E-state index in [0.717, 1.165) is 16.6 Å². The molecule has 0 bridgehead atoms. The molecular formula is C21H24BrCl2NO2. The van der Waals surface area contributed by atoms with Crippen molar-refractivity contribution in [2.24, 2.45) is 0 Å². The van der Waals surface area contributed by atoms with E-state index in [4.69, 9.17) is 32.7 Å². The molecular weight excluding hydrogens is 449 g/mol. The van der Waals surface area contributed by atoms with Gasteiger partial charge in [-0.15, -0.1) is 0 Å². The second-order valence-corrected chi connectivity index (χ2v) is 8.55. The molecule has 1 fully saturated rings. The minimum absolute atomic E-state index is 0.338. The van der Waals surface area contributed by atoms with Crippen molar-refractivity contribution in [1.82, 2.24) is 5.32 Å². The number of halogens is 3. The summed E-state index contributed by atoms with van der Waals surface area (Å²) in [6.07, 6.45) is 6.54. The van der Waals surface area contributed by atoms with E-state index in [1.54, 1.807) is 19.2 Å². The lowest BCUT2D eigenvalue weighted by Crippen LogP contribution is -2.30. The molecule has 0 radical (unpaired) electrons. The van der Waals surface area contributed by atoms with E-state index >= 15 is 0 Å². The smallest absolute Gasteiger partial charge is 0.175 e. The summed E-state index contributed by atoms with van der Waals surface area (Å²) in [4.78, 5) is 0. The Balaban J connectivity index is 1.67. The predicted octanol–water partition coefficient (Wildman–Crippen LogP) is 6.77. The highest BCUT2D eigenvalue weighted by Gasteiger charge is 2.15. The van der Waals surface area contributed by atoms with Crippen LogP contribution >= 0.6 is 39.1 Å². The van der Waals surface area contributed by atoms with Crippen LogP contribution in [0.5, 0.6) is 11.5 Å². The Morgan fingerprint density at radius 3 is 2.59 bits per heavy atom. The second kappa shape index (κ2) is 10.0. The van der Waals surface area contributed by atoms with Gasteiger partial charge < -0.3 is 14.8 Å². The van der Waals surface area contributed by atoms with Gasteiger partial charge in [0.1, 0.15) is 6.61 Å². The Labute approximate surface area is 179 Å². The van der Waals surface area contributed by atoms with Crippen LogP contribution in [0.2, 0.25) is 10.0 Å². The summed E-state index contributed by atoms with van der Waals surface area (Å²) in [6.45, 7) is 1.16. The molecule has 3 nitrogen and oxygen atoms in total. The number of ether oxygens (including phenoxy) is 2. The number of hydrogen-bond donors (Lipinski definition) is 1. The van der Waals surface area contributed by atoms with Gasteiger partial charge in [-0.05, 0) is 58.6 Å². The molecule has 27 heavy (non-hydrogen) atoms. The molecule has 0 unspecified atom stereocenters. The monoisotopic (exact) mass is 471 g/mol. The van der Waals surface area contributed by atoms with Crippen LogP contribution in [0.25, 0.3) is 0 Å². The maximum Gasteiger partial charge on any atom is 0.175 e. The fourth-order valence-corrected chi connectivity index (χ4v) is 4.44. The molecule has 3 rings (SSSR count). The van der Waals surface area contributed by atoms with Crippen molar-refractivity contribution in [3.8, 4) is 11.5 Å². The highest BCUT2D eigenvalue weighted by atomic mass is 79.9. The molecule has 0 saturated heterocycles. The molecule has 0 aromatic heterocycles. The van der Waals surface area contributed by atoms with Crippen molar-refractivity contribution in [2.75, 3.05) is 7.11 Å². The van der Waals surface area contributed by atoms with Gasteiger partial charge in [-0.1, -0.05) is 48.5 Å². The van der Waals surface area contributed by atoms with Crippen molar-refractivity contribution < 1.29 is 9.47 Å². The molecule has 0 spiro atoms. The van der Waals surface area contributed by atoms with Gasteiger partial charge in [0, 0.05) is 28.2 Å². The van der Waals surface area contributed by atoms with E-state index in [1.165, 1.54) is 37.7 Å². The Hall–Kier alpha value is -0.940. The topological polar surface area (TPSA) is 30.5 Å². The van der Waals surface area contributed by atoms with Crippen molar-refractivity contribution >= 4 is 39.1 Å². The Bertz CT molecular complexity index is 779. The number of benzene rings is 2. The zero-order valence-electron chi connectivity index (χ0n) is 15.4. The standard InChI is InChI=1S/C21H24BrCl2NO2/c1-26-20-10-14(12-25-17-5-3-2-4-6-17)9-18(22)21(20)27-13-15-7-8-16(23)11-19(15)24/h7-11,17,25H,2-6,12-13H2,1H3. The van der Waals surface area contributed by atoms with Crippen LogP contribution in [0.15, 0.2) is 34.8 Å². The molecule has 6 heteroatoms. The van der Waals surface area contributed by atoms with Gasteiger partial charge in [-0.3, -0.25) is 0 Å². The van der Waals surface area contributed by atoms with Crippen LogP contribution in [0.1, 0.15) is 43.2 Å². The molecule has 1 saturated carbocycles. The number of methoxy groups -OCH3 is 1. The first-order valence-corrected chi connectivity index (χ1v) is 10.8. The van der Waals surface area contributed by atoms with Gasteiger partial charge >= 0.3 is 0 Å². The van der Waals surface area contributed by atoms with Crippen LogP contribution in [0.4, 0.5) is 0 Å². The van der Waals surface area contributed by atoms with Crippen molar-refractivity contribution in [3.05, 3.63) is 56.0 Å². The Morgan fingerprint density at radius 1 is 1.11 bits per heavy atom. The quantitative estimate of drug-likeness (QED) is 0.482. The zero-order valence-corrected chi connectivity index (χ0v) is 18.5. The molecule has 1 aliphatic carbocycles.